The van der Waals surface area contributed by atoms with Crippen LogP contribution in [-0.2, 0) is 28.6 Å². The minimum atomic E-state index is -0.778. The summed E-state index contributed by atoms with van der Waals surface area (Å²) in [5.74, 6) is -0.908. The second-order valence-electron chi connectivity index (χ2n) is 17.4. The van der Waals surface area contributed by atoms with Crippen molar-refractivity contribution in [1.82, 2.24) is 0 Å². The molecule has 0 heterocycles. The van der Waals surface area contributed by atoms with Crippen molar-refractivity contribution in [2.75, 3.05) is 13.2 Å². The molecule has 0 aliphatic rings. The SMILES string of the molecule is CC/C=C\C/C=C\C/C=C\C/C=C\C/C=C\CCCCCCCCCC(=O)OCC(COC(=O)CCCCCCC)OC(=O)CCCCCCCCC/C=C\CCCCCCCC. The summed E-state index contributed by atoms with van der Waals surface area (Å²) >= 11 is 0. The Morgan fingerprint density at radius 2 is 0.619 bits per heavy atom. The molecule has 1 atom stereocenters. The zero-order chi connectivity index (χ0) is 45.8. The van der Waals surface area contributed by atoms with Crippen LogP contribution in [0.2, 0.25) is 0 Å². The zero-order valence-electron chi connectivity index (χ0n) is 41.3. The van der Waals surface area contributed by atoms with Gasteiger partial charge in [-0.2, -0.15) is 0 Å². The largest absolute Gasteiger partial charge is 0.462 e. The molecule has 0 radical (unpaired) electrons. The minimum Gasteiger partial charge on any atom is -0.462 e. The summed E-state index contributed by atoms with van der Waals surface area (Å²) in [5.41, 5.74) is 0. The van der Waals surface area contributed by atoms with Crippen molar-refractivity contribution >= 4 is 17.9 Å². The quantitative estimate of drug-likeness (QED) is 0.0262. The van der Waals surface area contributed by atoms with Crippen LogP contribution in [-0.4, -0.2) is 37.2 Å². The van der Waals surface area contributed by atoms with Gasteiger partial charge in [0.1, 0.15) is 13.2 Å². The van der Waals surface area contributed by atoms with Crippen LogP contribution in [0.5, 0.6) is 0 Å². The average molecular weight is 879 g/mol. The lowest BCUT2D eigenvalue weighted by molar-refractivity contribution is -0.167. The van der Waals surface area contributed by atoms with E-state index in [2.05, 4.69) is 93.7 Å². The van der Waals surface area contributed by atoms with Crippen LogP contribution in [0.25, 0.3) is 0 Å². The van der Waals surface area contributed by atoms with E-state index < -0.39 is 6.10 Å². The van der Waals surface area contributed by atoms with Crippen LogP contribution in [0.3, 0.4) is 0 Å². The second-order valence-corrected chi connectivity index (χ2v) is 17.4. The Hall–Kier alpha value is -3.15. The number of ether oxygens (including phenoxy) is 3. The maximum atomic E-state index is 12.7. The fraction of sp³-hybridized carbons (Fsp3) is 0.737. The van der Waals surface area contributed by atoms with Crippen LogP contribution in [0.4, 0.5) is 0 Å². The Morgan fingerprint density at radius 3 is 0.984 bits per heavy atom. The average Bonchev–Trinajstić information content (AvgIpc) is 3.28. The van der Waals surface area contributed by atoms with Gasteiger partial charge in [-0.15, -0.1) is 0 Å². The Balaban J connectivity index is 4.17. The van der Waals surface area contributed by atoms with Crippen molar-refractivity contribution in [2.45, 2.75) is 258 Å². The number of unbranched alkanes of at least 4 members (excludes halogenated alkanes) is 24. The smallest absolute Gasteiger partial charge is 0.306 e. The van der Waals surface area contributed by atoms with Crippen LogP contribution in [0.15, 0.2) is 72.9 Å². The molecule has 0 aromatic rings. The standard InChI is InChI=1S/C57H98O6/c1-4-7-10-13-15-17-19-21-23-25-26-27-28-29-30-32-33-35-37-39-41-44-47-50-56(59)62-53-54(52-61-55(58)49-46-43-12-9-6-3)63-57(60)51-48-45-42-40-38-36-34-31-24-22-20-18-16-14-11-8-5-2/h7,10,15,17,21-24,26-27,29-30,54H,4-6,8-9,11-14,16,18-20,25,28,31-53H2,1-3H3/b10-7-,17-15-,23-21-,24-22-,27-26-,30-29-. The molecular formula is C57H98O6. The minimum absolute atomic E-state index is 0.0812. The maximum absolute atomic E-state index is 12.7. The highest BCUT2D eigenvalue weighted by atomic mass is 16.6. The van der Waals surface area contributed by atoms with Crippen molar-refractivity contribution in [2.24, 2.45) is 0 Å². The van der Waals surface area contributed by atoms with Gasteiger partial charge in [-0.25, -0.2) is 0 Å². The molecule has 0 bridgehead atoms. The molecule has 0 aromatic heterocycles. The summed E-state index contributed by atoms with van der Waals surface area (Å²) in [6.45, 7) is 6.43. The Morgan fingerprint density at radius 1 is 0.333 bits per heavy atom. The molecular weight excluding hydrogens is 781 g/mol. The molecule has 0 saturated heterocycles. The van der Waals surface area contributed by atoms with Crippen LogP contribution < -0.4 is 0 Å². The third-order valence-corrected chi connectivity index (χ3v) is 11.2. The van der Waals surface area contributed by atoms with Crippen molar-refractivity contribution in [3.63, 3.8) is 0 Å². The maximum Gasteiger partial charge on any atom is 0.306 e. The van der Waals surface area contributed by atoms with E-state index in [0.717, 1.165) is 103 Å². The Kier molecular flexibility index (Phi) is 48.9. The number of carbonyl (C=O) groups is 3. The first-order valence-corrected chi connectivity index (χ1v) is 26.4. The lowest BCUT2D eigenvalue weighted by Crippen LogP contribution is -2.30. The van der Waals surface area contributed by atoms with Gasteiger partial charge in [0.05, 0.1) is 0 Å². The Labute approximate surface area is 389 Å². The number of carbonyl (C=O) groups excluding carboxylic acids is 3. The third-order valence-electron chi connectivity index (χ3n) is 11.2. The fourth-order valence-electron chi connectivity index (χ4n) is 7.23. The van der Waals surface area contributed by atoms with Gasteiger partial charge in [-0.05, 0) is 89.9 Å². The first-order valence-electron chi connectivity index (χ1n) is 26.4. The summed E-state index contributed by atoms with van der Waals surface area (Å²) in [4.78, 5) is 37.7. The summed E-state index contributed by atoms with van der Waals surface area (Å²) < 4.78 is 16.7. The molecule has 0 fully saturated rings. The van der Waals surface area contributed by atoms with Gasteiger partial charge in [-0.1, -0.05) is 216 Å². The first kappa shape index (κ1) is 59.9. The van der Waals surface area contributed by atoms with Crippen molar-refractivity contribution < 1.29 is 28.6 Å². The summed E-state index contributed by atoms with van der Waals surface area (Å²) in [6.07, 6.45) is 64.9. The second kappa shape index (κ2) is 51.5. The van der Waals surface area contributed by atoms with Crippen LogP contribution in [0, 0.1) is 0 Å². The van der Waals surface area contributed by atoms with E-state index in [4.69, 9.17) is 14.2 Å². The predicted octanol–water partition coefficient (Wildman–Crippen LogP) is 17.4. The molecule has 0 spiro atoms. The van der Waals surface area contributed by atoms with E-state index in [0.29, 0.717) is 19.3 Å². The lowest BCUT2D eigenvalue weighted by atomic mass is 10.1. The summed E-state index contributed by atoms with van der Waals surface area (Å²) in [6, 6.07) is 0. The molecule has 0 N–H and O–H groups in total. The van der Waals surface area contributed by atoms with Gasteiger partial charge in [0, 0.05) is 19.3 Å². The summed E-state index contributed by atoms with van der Waals surface area (Å²) in [7, 11) is 0. The van der Waals surface area contributed by atoms with Crippen LogP contribution >= 0.6 is 0 Å². The molecule has 63 heavy (non-hydrogen) atoms. The number of esters is 3. The van der Waals surface area contributed by atoms with E-state index in [1.54, 1.807) is 0 Å². The Bertz CT molecular complexity index is 1190. The van der Waals surface area contributed by atoms with E-state index in [1.165, 1.54) is 109 Å². The van der Waals surface area contributed by atoms with Crippen molar-refractivity contribution in [1.29, 1.82) is 0 Å². The highest BCUT2D eigenvalue weighted by Gasteiger charge is 2.19. The van der Waals surface area contributed by atoms with Crippen molar-refractivity contribution in [3.8, 4) is 0 Å². The molecule has 362 valence electrons. The molecule has 0 saturated carbocycles. The highest BCUT2D eigenvalue weighted by Crippen LogP contribution is 2.14. The van der Waals surface area contributed by atoms with Gasteiger partial charge in [0.25, 0.3) is 0 Å². The van der Waals surface area contributed by atoms with Gasteiger partial charge < -0.3 is 14.2 Å². The molecule has 0 rings (SSSR count). The van der Waals surface area contributed by atoms with Crippen LogP contribution in [0.1, 0.15) is 252 Å². The molecule has 0 aliphatic heterocycles. The van der Waals surface area contributed by atoms with Crippen molar-refractivity contribution in [3.05, 3.63) is 72.9 Å². The highest BCUT2D eigenvalue weighted by molar-refractivity contribution is 5.71. The zero-order valence-corrected chi connectivity index (χ0v) is 41.3. The first-order chi connectivity index (χ1) is 31.0. The molecule has 1 unspecified atom stereocenters. The van der Waals surface area contributed by atoms with Gasteiger partial charge in [0.2, 0.25) is 0 Å². The van der Waals surface area contributed by atoms with E-state index in [-0.39, 0.29) is 31.1 Å². The number of allylic oxidation sites excluding steroid dienone is 12. The third kappa shape index (κ3) is 49.7. The lowest BCUT2D eigenvalue weighted by Gasteiger charge is -2.18. The fourth-order valence-corrected chi connectivity index (χ4v) is 7.23. The van der Waals surface area contributed by atoms with E-state index in [9.17, 15) is 14.4 Å². The summed E-state index contributed by atoms with van der Waals surface area (Å²) in [5, 5.41) is 0. The predicted molar refractivity (Wildman–Crippen MR) is 270 cm³/mol. The molecule has 6 heteroatoms. The number of rotatable bonds is 47. The number of hydrogen-bond donors (Lipinski definition) is 0. The monoisotopic (exact) mass is 879 g/mol. The molecule has 0 aliphatic carbocycles. The number of hydrogen-bond acceptors (Lipinski definition) is 6. The van der Waals surface area contributed by atoms with Gasteiger partial charge in [0.15, 0.2) is 6.10 Å². The molecule has 0 aromatic carbocycles. The van der Waals surface area contributed by atoms with Gasteiger partial charge in [-0.3, -0.25) is 14.4 Å². The van der Waals surface area contributed by atoms with E-state index >= 15 is 0 Å². The normalized spacial score (nSPS) is 12.6. The topological polar surface area (TPSA) is 78.9 Å². The van der Waals surface area contributed by atoms with E-state index in [1.807, 2.05) is 0 Å². The molecule has 6 nitrogen and oxygen atoms in total. The van der Waals surface area contributed by atoms with Gasteiger partial charge >= 0.3 is 17.9 Å². The molecule has 0 amide bonds.